The molecular formula is C21H23FN4O. The fraction of sp³-hybridized carbons (Fsp3) is 0.381. The summed E-state index contributed by atoms with van der Waals surface area (Å²) in [6.07, 6.45) is 1.90. The van der Waals surface area contributed by atoms with Crippen LogP contribution in [-0.4, -0.2) is 26.5 Å². The highest BCUT2D eigenvalue weighted by Gasteiger charge is 2.39. The first-order valence-corrected chi connectivity index (χ1v) is 9.29. The fourth-order valence-electron chi connectivity index (χ4n) is 3.78. The van der Waals surface area contributed by atoms with Gasteiger partial charge in [-0.1, -0.05) is 12.1 Å². The van der Waals surface area contributed by atoms with Gasteiger partial charge < -0.3 is 5.32 Å². The number of carbonyl (C=O) groups excluding carboxylic acids is 1. The maximum Gasteiger partial charge on any atom is 0.220 e. The van der Waals surface area contributed by atoms with Crippen molar-refractivity contribution in [2.75, 3.05) is 0 Å². The molecule has 1 fully saturated rings. The lowest BCUT2D eigenvalue weighted by Gasteiger charge is -2.11. The summed E-state index contributed by atoms with van der Waals surface area (Å²) in [5.41, 5.74) is 5.76. The molecule has 140 valence electrons. The molecule has 0 spiro atoms. The molecule has 5 nitrogen and oxygen atoms in total. The predicted octanol–water partition coefficient (Wildman–Crippen LogP) is 3.40. The SMILES string of the molecule is Cc1cc2nc(C)c(CCC(=O)N[C@@H]3C[C@H]3c3cccc(F)c3)c(C)n2n1. The number of amides is 1. The van der Waals surface area contributed by atoms with Crippen LogP contribution in [0.15, 0.2) is 30.3 Å². The van der Waals surface area contributed by atoms with E-state index < -0.39 is 0 Å². The number of carbonyl (C=O) groups is 1. The normalized spacial score (nSPS) is 18.7. The van der Waals surface area contributed by atoms with Gasteiger partial charge >= 0.3 is 0 Å². The Morgan fingerprint density at radius 3 is 2.89 bits per heavy atom. The van der Waals surface area contributed by atoms with Gasteiger partial charge in [0.15, 0.2) is 5.65 Å². The summed E-state index contributed by atoms with van der Waals surface area (Å²) >= 11 is 0. The number of benzene rings is 1. The third kappa shape index (κ3) is 3.56. The van der Waals surface area contributed by atoms with Gasteiger partial charge in [0.25, 0.3) is 0 Å². The van der Waals surface area contributed by atoms with Crippen molar-refractivity contribution in [2.45, 2.75) is 52.0 Å². The van der Waals surface area contributed by atoms with Crippen LogP contribution in [0.4, 0.5) is 4.39 Å². The molecule has 1 saturated carbocycles. The Morgan fingerprint density at radius 2 is 2.11 bits per heavy atom. The zero-order valence-corrected chi connectivity index (χ0v) is 15.8. The first-order valence-electron chi connectivity index (χ1n) is 9.29. The third-order valence-corrected chi connectivity index (χ3v) is 5.30. The van der Waals surface area contributed by atoms with Crippen LogP contribution >= 0.6 is 0 Å². The molecule has 0 unspecified atom stereocenters. The summed E-state index contributed by atoms with van der Waals surface area (Å²) < 4.78 is 15.2. The number of aryl methyl sites for hydroxylation is 3. The van der Waals surface area contributed by atoms with E-state index in [1.807, 2.05) is 37.4 Å². The number of nitrogens with zero attached hydrogens (tertiary/aromatic N) is 3. The Morgan fingerprint density at radius 1 is 1.30 bits per heavy atom. The zero-order valence-electron chi connectivity index (χ0n) is 15.8. The summed E-state index contributed by atoms with van der Waals surface area (Å²) in [5.74, 6) is 0.0137. The van der Waals surface area contributed by atoms with Crippen molar-refractivity contribution in [3.63, 3.8) is 0 Å². The smallest absolute Gasteiger partial charge is 0.220 e. The van der Waals surface area contributed by atoms with Gasteiger partial charge in [0, 0.05) is 35.8 Å². The van der Waals surface area contributed by atoms with E-state index in [1.165, 1.54) is 6.07 Å². The first-order chi connectivity index (χ1) is 12.9. The van der Waals surface area contributed by atoms with Crippen molar-refractivity contribution in [1.29, 1.82) is 0 Å². The van der Waals surface area contributed by atoms with E-state index in [1.54, 1.807) is 12.1 Å². The highest BCUT2D eigenvalue weighted by Crippen LogP contribution is 2.40. The van der Waals surface area contributed by atoms with Gasteiger partial charge in [-0.15, -0.1) is 0 Å². The van der Waals surface area contributed by atoms with Crippen LogP contribution in [0.25, 0.3) is 5.65 Å². The molecule has 6 heteroatoms. The lowest BCUT2D eigenvalue weighted by molar-refractivity contribution is -0.121. The van der Waals surface area contributed by atoms with Gasteiger partial charge in [-0.25, -0.2) is 13.9 Å². The molecule has 0 radical (unpaired) electrons. The summed E-state index contributed by atoms with van der Waals surface area (Å²) in [6, 6.07) is 8.69. The minimum atomic E-state index is -0.229. The minimum absolute atomic E-state index is 0.0226. The second-order valence-corrected chi connectivity index (χ2v) is 7.39. The molecule has 2 aromatic heterocycles. The van der Waals surface area contributed by atoms with E-state index in [2.05, 4.69) is 15.4 Å². The Bertz CT molecular complexity index is 1030. The molecule has 1 aliphatic carbocycles. The first kappa shape index (κ1) is 17.6. The molecule has 0 bridgehead atoms. The highest BCUT2D eigenvalue weighted by atomic mass is 19.1. The van der Waals surface area contributed by atoms with Crippen molar-refractivity contribution in [2.24, 2.45) is 0 Å². The average Bonchev–Trinajstić information content (AvgIpc) is 3.27. The van der Waals surface area contributed by atoms with Crippen molar-refractivity contribution in [3.05, 3.63) is 64.4 Å². The lowest BCUT2D eigenvalue weighted by Crippen LogP contribution is -2.27. The van der Waals surface area contributed by atoms with Crippen LogP contribution in [0.5, 0.6) is 0 Å². The number of hydrogen-bond donors (Lipinski definition) is 1. The van der Waals surface area contributed by atoms with Crippen molar-refractivity contribution in [3.8, 4) is 0 Å². The number of hydrogen-bond acceptors (Lipinski definition) is 3. The Kier molecular flexibility index (Phi) is 4.42. The second kappa shape index (κ2) is 6.76. The van der Waals surface area contributed by atoms with E-state index in [-0.39, 0.29) is 23.7 Å². The van der Waals surface area contributed by atoms with Crippen molar-refractivity contribution < 1.29 is 9.18 Å². The Hall–Kier alpha value is -2.76. The summed E-state index contributed by atoms with van der Waals surface area (Å²) in [4.78, 5) is 17.0. The highest BCUT2D eigenvalue weighted by molar-refractivity contribution is 5.77. The Labute approximate surface area is 157 Å². The molecule has 27 heavy (non-hydrogen) atoms. The number of fused-ring (bicyclic) bond motifs is 1. The number of rotatable bonds is 5. The maximum atomic E-state index is 13.3. The molecule has 1 aromatic carbocycles. The van der Waals surface area contributed by atoms with Gasteiger partial charge in [-0.2, -0.15) is 5.10 Å². The molecule has 4 rings (SSSR count). The summed E-state index contributed by atoms with van der Waals surface area (Å²) in [6.45, 7) is 5.94. The quantitative estimate of drug-likeness (QED) is 0.753. The summed E-state index contributed by atoms with van der Waals surface area (Å²) in [5, 5.41) is 7.54. The van der Waals surface area contributed by atoms with Gasteiger partial charge in [-0.05, 0) is 56.9 Å². The molecule has 0 aliphatic heterocycles. The van der Waals surface area contributed by atoms with Crippen LogP contribution in [0.2, 0.25) is 0 Å². The average molecular weight is 366 g/mol. The van der Waals surface area contributed by atoms with Crippen LogP contribution in [0, 0.1) is 26.6 Å². The van der Waals surface area contributed by atoms with Gasteiger partial charge in [0.2, 0.25) is 5.91 Å². The van der Waals surface area contributed by atoms with Crippen LogP contribution in [-0.2, 0) is 11.2 Å². The molecular weight excluding hydrogens is 343 g/mol. The van der Waals surface area contributed by atoms with E-state index in [0.717, 1.165) is 40.3 Å². The second-order valence-electron chi connectivity index (χ2n) is 7.39. The standard InChI is InChI=1S/C21H23FN4O/c1-12-9-20-23-13(2)17(14(3)26(20)25-12)7-8-21(27)24-19-11-18(19)15-5-4-6-16(22)10-15/h4-6,9-10,18-19H,7-8,11H2,1-3H3,(H,24,27)/t18-,19+/m0/s1. The van der Waals surface area contributed by atoms with Crippen molar-refractivity contribution >= 4 is 11.6 Å². The molecule has 1 aliphatic rings. The third-order valence-electron chi connectivity index (χ3n) is 5.30. The largest absolute Gasteiger partial charge is 0.353 e. The van der Waals surface area contributed by atoms with Crippen LogP contribution < -0.4 is 5.32 Å². The van der Waals surface area contributed by atoms with Crippen LogP contribution in [0.3, 0.4) is 0 Å². The van der Waals surface area contributed by atoms with Crippen LogP contribution in [0.1, 0.15) is 47.0 Å². The molecule has 2 heterocycles. The Balaban J connectivity index is 1.38. The zero-order chi connectivity index (χ0) is 19.1. The summed E-state index contributed by atoms with van der Waals surface area (Å²) in [7, 11) is 0. The monoisotopic (exact) mass is 366 g/mol. The van der Waals surface area contributed by atoms with E-state index in [9.17, 15) is 9.18 Å². The van der Waals surface area contributed by atoms with E-state index in [0.29, 0.717) is 12.8 Å². The molecule has 2 atom stereocenters. The molecule has 3 aromatic rings. The molecule has 1 N–H and O–H groups in total. The fourth-order valence-corrected chi connectivity index (χ4v) is 3.78. The number of nitrogens with one attached hydrogen (secondary N) is 1. The van der Waals surface area contributed by atoms with Gasteiger partial charge in [-0.3, -0.25) is 4.79 Å². The molecule has 1 amide bonds. The van der Waals surface area contributed by atoms with Gasteiger partial charge in [0.1, 0.15) is 5.82 Å². The predicted molar refractivity (Wildman–Crippen MR) is 101 cm³/mol. The minimum Gasteiger partial charge on any atom is -0.353 e. The maximum absolute atomic E-state index is 13.3. The van der Waals surface area contributed by atoms with E-state index >= 15 is 0 Å². The topological polar surface area (TPSA) is 59.3 Å². The van der Waals surface area contributed by atoms with E-state index in [4.69, 9.17) is 0 Å². The number of aromatic nitrogens is 3. The molecule has 0 saturated heterocycles. The number of halogens is 1. The lowest BCUT2D eigenvalue weighted by atomic mass is 10.1. The van der Waals surface area contributed by atoms with Gasteiger partial charge in [0.05, 0.1) is 5.69 Å². The van der Waals surface area contributed by atoms with Crippen molar-refractivity contribution in [1.82, 2.24) is 19.9 Å².